The van der Waals surface area contributed by atoms with Crippen molar-refractivity contribution in [2.24, 2.45) is 0 Å². The number of hydrogen-bond donors (Lipinski definition) is 2. The monoisotopic (exact) mass is 467 g/mol. The Kier molecular flexibility index (Phi) is 6.64. The Labute approximate surface area is 193 Å². The fraction of sp³-hybridized carbons (Fsp3) is 0.182. The van der Waals surface area contributed by atoms with E-state index in [1.54, 1.807) is 0 Å². The molecule has 9 heteroatoms. The smallest absolute Gasteiger partial charge is 0.239 e. The van der Waals surface area contributed by atoms with Gasteiger partial charge in [-0.25, -0.2) is 4.98 Å². The van der Waals surface area contributed by atoms with Crippen LogP contribution in [0.1, 0.15) is 18.1 Å². The summed E-state index contributed by atoms with van der Waals surface area (Å²) < 4.78 is 0.736. The zero-order valence-electron chi connectivity index (χ0n) is 17.2. The molecule has 6 nitrogen and oxygen atoms in total. The molecular weight excluding hydrogens is 446 g/mol. The summed E-state index contributed by atoms with van der Waals surface area (Å²) in [6.45, 7) is 6.00. The van der Waals surface area contributed by atoms with Crippen molar-refractivity contribution in [1.82, 2.24) is 15.2 Å². The summed E-state index contributed by atoms with van der Waals surface area (Å²) in [6.07, 6.45) is 0. The lowest BCUT2D eigenvalue weighted by Gasteiger charge is -2.08. The van der Waals surface area contributed by atoms with Crippen LogP contribution in [0, 0.1) is 13.8 Å². The van der Waals surface area contributed by atoms with Gasteiger partial charge in [0.05, 0.1) is 10.9 Å². The third kappa shape index (κ3) is 5.30. The van der Waals surface area contributed by atoms with Crippen LogP contribution >= 0.6 is 34.4 Å². The number of carbonyl (C=O) groups excluding carboxylic acids is 1. The summed E-state index contributed by atoms with van der Waals surface area (Å²) in [6, 6.07) is 16.0. The molecule has 0 aliphatic heterocycles. The number of hydrogen-bond acceptors (Lipinski definition) is 8. The van der Waals surface area contributed by atoms with E-state index in [1.165, 1.54) is 45.6 Å². The SMILES string of the molecule is Cc1cccc(Nc2nnc(SC(C)C(=O)Nc3nc(-c4ccccc4)cs3)s2)c1C. The summed E-state index contributed by atoms with van der Waals surface area (Å²) in [5, 5.41) is 17.5. The van der Waals surface area contributed by atoms with Crippen LogP contribution in [0.5, 0.6) is 0 Å². The van der Waals surface area contributed by atoms with E-state index in [1.807, 2.05) is 54.8 Å². The van der Waals surface area contributed by atoms with Crippen LogP contribution in [0.4, 0.5) is 16.0 Å². The average molecular weight is 468 g/mol. The van der Waals surface area contributed by atoms with Crippen molar-refractivity contribution in [1.29, 1.82) is 0 Å². The Balaban J connectivity index is 1.35. The van der Waals surface area contributed by atoms with Crippen LogP contribution < -0.4 is 10.6 Å². The molecule has 2 aromatic heterocycles. The lowest BCUT2D eigenvalue weighted by molar-refractivity contribution is -0.115. The maximum atomic E-state index is 12.6. The molecule has 0 fully saturated rings. The molecule has 31 heavy (non-hydrogen) atoms. The van der Waals surface area contributed by atoms with Crippen LogP contribution in [-0.4, -0.2) is 26.3 Å². The first-order valence-electron chi connectivity index (χ1n) is 9.65. The molecule has 2 heterocycles. The number of anilines is 3. The third-order valence-electron chi connectivity index (χ3n) is 4.70. The predicted molar refractivity (Wildman–Crippen MR) is 131 cm³/mol. The number of aryl methyl sites for hydroxylation is 1. The topological polar surface area (TPSA) is 79.8 Å². The lowest BCUT2D eigenvalue weighted by Crippen LogP contribution is -2.22. The van der Waals surface area contributed by atoms with Gasteiger partial charge in [-0.1, -0.05) is 65.6 Å². The standard InChI is InChI=1S/C22H21N5OS3/c1-13-8-7-11-17(14(13)2)23-21-26-27-22(31-21)30-15(3)19(28)25-20-24-18(12-29-20)16-9-5-4-6-10-16/h4-12,15H,1-3H3,(H,23,26)(H,24,25,28). The van der Waals surface area contributed by atoms with Gasteiger partial charge in [-0.15, -0.1) is 21.5 Å². The van der Waals surface area contributed by atoms with Crippen molar-refractivity contribution in [3.63, 3.8) is 0 Å². The average Bonchev–Trinajstić information content (AvgIpc) is 3.41. The van der Waals surface area contributed by atoms with Crippen LogP contribution in [-0.2, 0) is 4.79 Å². The van der Waals surface area contributed by atoms with Gasteiger partial charge in [0.2, 0.25) is 11.0 Å². The number of nitrogens with zero attached hydrogens (tertiary/aromatic N) is 3. The molecule has 158 valence electrons. The van der Waals surface area contributed by atoms with Crippen molar-refractivity contribution in [3.05, 3.63) is 65.0 Å². The van der Waals surface area contributed by atoms with E-state index >= 15 is 0 Å². The van der Waals surface area contributed by atoms with E-state index in [0.717, 1.165) is 21.3 Å². The van der Waals surface area contributed by atoms with E-state index < -0.39 is 0 Å². The molecule has 0 saturated carbocycles. The quantitative estimate of drug-likeness (QED) is 0.318. The molecule has 1 amide bonds. The first-order chi connectivity index (χ1) is 15.0. The molecule has 0 saturated heterocycles. The Hall–Kier alpha value is -2.75. The van der Waals surface area contributed by atoms with Gasteiger partial charge in [-0.3, -0.25) is 4.79 Å². The number of thioether (sulfide) groups is 1. The Morgan fingerprint density at radius 2 is 1.84 bits per heavy atom. The first kappa shape index (κ1) is 21.5. The molecule has 1 unspecified atom stereocenters. The maximum Gasteiger partial charge on any atom is 0.239 e. The number of carbonyl (C=O) groups is 1. The Morgan fingerprint density at radius 1 is 1.03 bits per heavy atom. The van der Waals surface area contributed by atoms with Gasteiger partial charge in [-0.2, -0.15) is 0 Å². The van der Waals surface area contributed by atoms with Crippen molar-refractivity contribution >= 4 is 56.3 Å². The fourth-order valence-corrected chi connectivity index (χ4v) is 5.42. The third-order valence-corrected chi connectivity index (χ3v) is 7.48. The molecule has 4 rings (SSSR count). The second-order valence-corrected chi connectivity index (χ2v) is 10.3. The van der Waals surface area contributed by atoms with Gasteiger partial charge < -0.3 is 10.6 Å². The molecule has 2 N–H and O–H groups in total. The molecule has 2 aromatic carbocycles. The van der Waals surface area contributed by atoms with Crippen LogP contribution in [0.25, 0.3) is 11.3 Å². The fourth-order valence-electron chi connectivity index (χ4n) is 2.79. The number of rotatable bonds is 7. The van der Waals surface area contributed by atoms with E-state index in [0.29, 0.717) is 10.3 Å². The number of benzene rings is 2. The van der Waals surface area contributed by atoms with Gasteiger partial charge in [0.1, 0.15) is 0 Å². The zero-order valence-corrected chi connectivity index (χ0v) is 19.7. The van der Waals surface area contributed by atoms with E-state index in [4.69, 9.17) is 0 Å². The number of amides is 1. The maximum absolute atomic E-state index is 12.6. The van der Waals surface area contributed by atoms with E-state index in [9.17, 15) is 4.79 Å². The van der Waals surface area contributed by atoms with Gasteiger partial charge in [-0.05, 0) is 38.0 Å². The summed E-state index contributed by atoms with van der Waals surface area (Å²) in [5.74, 6) is -0.113. The zero-order chi connectivity index (χ0) is 21.8. The highest BCUT2D eigenvalue weighted by atomic mass is 32.2. The highest BCUT2D eigenvalue weighted by Crippen LogP contribution is 2.32. The Morgan fingerprint density at radius 3 is 2.65 bits per heavy atom. The minimum Gasteiger partial charge on any atom is -0.330 e. The van der Waals surface area contributed by atoms with Gasteiger partial charge >= 0.3 is 0 Å². The largest absolute Gasteiger partial charge is 0.330 e. The van der Waals surface area contributed by atoms with Crippen molar-refractivity contribution in [2.45, 2.75) is 30.4 Å². The second kappa shape index (κ2) is 9.59. The predicted octanol–water partition coefficient (Wildman–Crippen LogP) is 6.14. The molecule has 0 aliphatic rings. The molecule has 0 radical (unpaired) electrons. The number of aromatic nitrogens is 3. The van der Waals surface area contributed by atoms with E-state index in [2.05, 4.69) is 45.7 Å². The summed E-state index contributed by atoms with van der Waals surface area (Å²) in [4.78, 5) is 17.1. The highest BCUT2D eigenvalue weighted by Gasteiger charge is 2.19. The first-order valence-corrected chi connectivity index (χ1v) is 12.2. The molecular formula is C22H21N5OS3. The summed E-state index contributed by atoms with van der Waals surface area (Å²) >= 11 is 4.23. The van der Waals surface area contributed by atoms with Crippen molar-refractivity contribution in [3.8, 4) is 11.3 Å². The van der Waals surface area contributed by atoms with Gasteiger partial charge in [0, 0.05) is 16.6 Å². The normalized spacial score (nSPS) is 11.8. The van der Waals surface area contributed by atoms with Crippen LogP contribution in [0.2, 0.25) is 0 Å². The highest BCUT2D eigenvalue weighted by molar-refractivity contribution is 8.02. The summed E-state index contributed by atoms with van der Waals surface area (Å²) in [7, 11) is 0. The lowest BCUT2D eigenvalue weighted by atomic mass is 10.1. The Bertz CT molecular complexity index is 1190. The molecule has 0 aliphatic carbocycles. The molecule has 4 aromatic rings. The van der Waals surface area contributed by atoms with Gasteiger partial charge in [0.15, 0.2) is 9.47 Å². The second-order valence-electron chi connectivity index (χ2n) is 6.90. The molecule has 0 spiro atoms. The van der Waals surface area contributed by atoms with Crippen LogP contribution in [0.15, 0.2) is 58.3 Å². The minimum absolute atomic E-state index is 0.113. The number of thiazole rings is 1. The number of nitrogens with one attached hydrogen (secondary N) is 2. The van der Waals surface area contributed by atoms with Gasteiger partial charge in [0.25, 0.3) is 0 Å². The minimum atomic E-state index is -0.328. The van der Waals surface area contributed by atoms with E-state index in [-0.39, 0.29) is 11.2 Å². The molecule has 0 bridgehead atoms. The molecule has 1 atom stereocenters. The van der Waals surface area contributed by atoms with Crippen molar-refractivity contribution < 1.29 is 4.79 Å². The summed E-state index contributed by atoms with van der Waals surface area (Å²) in [5.41, 5.74) is 5.29. The van der Waals surface area contributed by atoms with Crippen LogP contribution in [0.3, 0.4) is 0 Å². The van der Waals surface area contributed by atoms with Crippen molar-refractivity contribution in [2.75, 3.05) is 10.6 Å².